The van der Waals surface area contributed by atoms with Gasteiger partial charge in [0.25, 0.3) is 0 Å². The summed E-state index contributed by atoms with van der Waals surface area (Å²) in [7, 11) is 0.629. The minimum Gasteiger partial charge on any atom is -0.361 e. The molecule has 0 fully saturated rings. The molecule has 0 aliphatic rings. The minimum absolute atomic E-state index is 0.735. The van der Waals surface area contributed by atoms with E-state index in [9.17, 15) is 4.21 Å². The van der Waals surface area contributed by atoms with Crippen molar-refractivity contribution in [3.05, 3.63) is 78.6 Å². The Morgan fingerprint density at radius 1 is 1.08 bits per heavy atom. The number of rotatable bonds is 5. The van der Waals surface area contributed by atoms with E-state index in [1.807, 2.05) is 53.7 Å². The lowest BCUT2D eigenvalue weighted by Crippen LogP contribution is -2.06. The number of nitrogens with zero attached hydrogens (tertiary/aromatic N) is 1. The highest BCUT2D eigenvalue weighted by Crippen LogP contribution is 2.28. The number of aromatic amines is 1. The number of benzene rings is 2. The summed E-state index contributed by atoms with van der Waals surface area (Å²) in [6.45, 7) is 0.735. The van der Waals surface area contributed by atoms with E-state index in [2.05, 4.69) is 40.6 Å². The molecule has 0 saturated heterocycles. The van der Waals surface area contributed by atoms with Crippen LogP contribution in [0.15, 0.2) is 78.0 Å². The Bertz CT molecular complexity index is 1030. The predicted octanol–water partition coefficient (Wildman–Crippen LogP) is 3.93. The highest BCUT2D eigenvalue weighted by Gasteiger charge is 2.15. The molecule has 0 spiro atoms. The second-order valence-electron chi connectivity index (χ2n) is 5.93. The Morgan fingerprint density at radius 2 is 1.92 bits per heavy atom. The summed E-state index contributed by atoms with van der Waals surface area (Å²) in [4.78, 5) is 4.00. The fraction of sp³-hybridized carbons (Fsp3) is 0.100. The molecule has 4 nitrogen and oxygen atoms in total. The molecule has 1 unspecified atom stereocenters. The van der Waals surface area contributed by atoms with Gasteiger partial charge in [0.2, 0.25) is 0 Å². The van der Waals surface area contributed by atoms with E-state index in [4.69, 9.17) is 0 Å². The molecule has 0 aliphatic carbocycles. The number of hydrogen-bond acceptors (Lipinski definition) is 2. The summed E-state index contributed by atoms with van der Waals surface area (Å²) >= 11 is 0. The van der Waals surface area contributed by atoms with Gasteiger partial charge >= 0.3 is 0 Å². The summed E-state index contributed by atoms with van der Waals surface area (Å²) in [5.41, 5.74) is 4.21. The van der Waals surface area contributed by atoms with Crippen LogP contribution in [-0.4, -0.2) is 20.2 Å². The molecule has 2 aromatic heterocycles. The van der Waals surface area contributed by atoms with Crippen molar-refractivity contribution in [3.8, 4) is 11.3 Å². The molecular formula is C20H19N3OS. The molecule has 2 heterocycles. The minimum atomic E-state index is -1.28. The van der Waals surface area contributed by atoms with Crippen LogP contribution < -0.4 is 5.32 Å². The molecule has 4 rings (SSSR count). The maximum absolute atomic E-state index is 13.1. The van der Waals surface area contributed by atoms with Crippen LogP contribution >= 0.6 is 0 Å². The Kier molecular flexibility index (Phi) is 4.26. The van der Waals surface area contributed by atoms with Crippen molar-refractivity contribution in [3.63, 3.8) is 0 Å². The third-order valence-electron chi connectivity index (χ3n) is 4.20. The SMILES string of the molecule is CNCc1cc(-c2ccc3[nH]ccc3c2)n(S(=O)c2ccccc2)c1. The fourth-order valence-corrected chi connectivity index (χ4v) is 4.19. The quantitative estimate of drug-likeness (QED) is 0.574. The van der Waals surface area contributed by atoms with Crippen molar-refractivity contribution in [2.45, 2.75) is 11.4 Å². The molecule has 0 saturated carbocycles. The van der Waals surface area contributed by atoms with E-state index in [-0.39, 0.29) is 0 Å². The topological polar surface area (TPSA) is 49.8 Å². The van der Waals surface area contributed by atoms with Crippen molar-refractivity contribution in [2.75, 3.05) is 7.05 Å². The summed E-state index contributed by atoms with van der Waals surface area (Å²) in [5.74, 6) is 0. The van der Waals surface area contributed by atoms with Crippen molar-refractivity contribution >= 4 is 21.9 Å². The fourth-order valence-electron chi connectivity index (χ4n) is 3.01. The van der Waals surface area contributed by atoms with Gasteiger partial charge in [-0.05, 0) is 54.6 Å². The van der Waals surface area contributed by atoms with Gasteiger partial charge in [-0.2, -0.15) is 0 Å². The van der Waals surface area contributed by atoms with E-state index in [0.29, 0.717) is 0 Å². The first kappa shape index (κ1) is 15.9. The van der Waals surface area contributed by atoms with E-state index in [1.54, 1.807) is 0 Å². The lowest BCUT2D eigenvalue weighted by atomic mass is 10.1. The number of H-pyrrole nitrogens is 1. The molecule has 126 valence electrons. The van der Waals surface area contributed by atoms with Gasteiger partial charge in [0.1, 0.15) is 0 Å². The summed E-state index contributed by atoms with van der Waals surface area (Å²) in [6, 6.07) is 20.0. The summed E-state index contributed by atoms with van der Waals surface area (Å²) in [6.07, 6.45) is 3.90. The Morgan fingerprint density at radius 3 is 2.72 bits per heavy atom. The van der Waals surface area contributed by atoms with E-state index in [1.165, 1.54) is 0 Å². The standard InChI is InChI=1S/C20H19N3OS/c1-21-13-15-11-20(17-7-8-19-16(12-17)9-10-22-19)23(14-15)25(24)18-5-3-2-4-6-18/h2-12,14,21-22H,13H2,1H3. The maximum atomic E-state index is 13.1. The zero-order valence-corrected chi connectivity index (χ0v) is 14.7. The van der Waals surface area contributed by atoms with E-state index in [0.717, 1.165) is 39.2 Å². The third kappa shape index (κ3) is 3.04. The maximum Gasteiger partial charge on any atom is 0.157 e. The normalized spacial score (nSPS) is 12.5. The summed E-state index contributed by atoms with van der Waals surface area (Å²) < 4.78 is 15.0. The van der Waals surface area contributed by atoms with Crippen molar-refractivity contribution in [2.24, 2.45) is 0 Å². The van der Waals surface area contributed by atoms with Gasteiger partial charge in [-0.3, -0.25) is 3.97 Å². The van der Waals surface area contributed by atoms with Crippen LogP contribution in [0.4, 0.5) is 0 Å². The monoisotopic (exact) mass is 349 g/mol. The summed E-state index contributed by atoms with van der Waals surface area (Å²) in [5, 5.41) is 4.31. The van der Waals surface area contributed by atoms with Gasteiger partial charge in [0.05, 0.1) is 10.6 Å². The average molecular weight is 349 g/mol. The molecule has 0 amide bonds. The Balaban J connectivity index is 1.84. The van der Waals surface area contributed by atoms with Crippen LogP contribution in [0, 0.1) is 0 Å². The van der Waals surface area contributed by atoms with Crippen LogP contribution in [0.25, 0.3) is 22.2 Å². The number of nitrogens with one attached hydrogen (secondary N) is 2. The van der Waals surface area contributed by atoms with Crippen molar-refractivity contribution < 1.29 is 4.21 Å². The smallest absolute Gasteiger partial charge is 0.157 e. The highest BCUT2D eigenvalue weighted by atomic mass is 32.2. The second kappa shape index (κ2) is 6.70. The first-order valence-corrected chi connectivity index (χ1v) is 9.27. The lowest BCUT2D eigenvalue weighted by molar-refractivity contribution is 0.677. The third-order valence-corrected chi connectivity index (χ3v) is 5.53. The molecule has 0 aliphatic heterocycles. The van der Waals surface area contributed by atoms with Crippen LogP contribution in [0.2, 0.25) is 0 Å². The second-order valence-corrected chi connectivity index (χ2v) is 7.29. The van der Waals surface area contributed by atoms with Gasteiger partial charge in [0.15, 0.2) is 11.0 Å². The van der Waals surface area contributed by atoms with Crippen LogP contribution in [0.5, 0.6) is 0 Å². The molecule has 25 heavy (non-hydrogen) atoms. The zero-order valence-electron chi connectivity index (χ0n) is 13.9. The first-order chi connectivity index (χ1) is 12.3. The van der Waals surface area contributed by atoms with Crippen LogP contribution in [0.1, 0.15) is 5.56 Å². The predicted molar refractivity (Wildman–Crippen MR) is 103 cm³/mol. The molecule has 0 radical (unpaired) electrons. The average Bonchev–Trinajstić information content (AvgIpc) is 3.28. The van der Waals surface area contributed by atoms with Gasteiger partial charge in [0, 0.05) is 29.8 Å². The first-order valence-electron chi connectivity index (χ1n) is 8.17. The number of hydrogen-bond donors (Lipinski definition) is 2. The van der Waals surface area contributed by atoms with Gasteiger partial charge in [-0.1, -0.05) is 24.3 Å². The van der Waals surface area contributed by atoms with Crippen LogP contribution in [-0.2, 0) is 17.5 Å². The van der Waals surface area contributed by atoms with Crippen LogP contribution in [0.3, 0.4) is 0 Å². The zero-order chi connectivity index (χ0) is 17.2. The van der Waals surface area contributed by atoms with Gasteiger partial charge in [-0.25, -0.2) is 4.21 Å². The molecule has 1 atom stereocenters. The highest BCUT2D eigenvalue weighted by molar-refractivity contribution is 7.83. The molecule has 0 bridgehead atoms. The Labute approximate surface area is 149 Å². The Hall–Kier alpha value is -2.63. The van der Waals surface area contributed by atoms with Crippen molar-refractivity contribution in [1.29, 1.82) is 0 Å². The number of fused-ring (bicyclic) bond motifs is 1. The molecule has 2 N–H and O–H groups in total. The van der Waals surface area contributed by atoms with Gasteiger partial charge in [-0.15, -0.1) is 0 Å². The largest absolute Gasteiger partial charge is 0.361 e. The van der Waals surface area contributed by atoms with E-state index >= 15 is 0 Å². The molecule has 4 aromatic rings. The molecular weight excluding hydrogens is 330 g/mol. The molecule has 2 aromatic carbocycles. The van der Waals surface area contributed by atoms with Gasteiger partial charge < -0.3 is 10.3 Å². The lowest BCUT2D eigenvalue weighted by Gasteiger charge is -2.09. The number of aromatic nitrogens is 2. The van der Waals surface area contributed by atoms with E-state index < -0.39 is 11.0 Å². The van der Waals surface area contributed by atoms with Crippen molar-refractivity contribution in [1.82, 2.24) is 14.3 Å². The molecule has 5 heteroatoms.